The number of rotatable bonds is 11. The molecule has 1 aliphatic carbocycles. The Labute approximate surface area is 255 Å². The number of ether oxygens (including phenoxy) is 1. The number of hydrogen-bond acceptors (Lipinski definition) is 8. The van der Waals surface area contributed by atoms with Crippen LogP contribution in [-0.2, 0) is 11.3 Å². The molecule has 1 aliphatic rings. The fourth-order valence-corrected chi connectivity index (χ4v) is 5.05. The number of hydrogen-bond donors (Lipinski definition) is 1. The average Bonchev–Trinajstić information content (AvgIpc) is 3.45. The lowest BCUT2D eigenvalue weighted by Crippen LogP contribution is -2.48. The fraction of sp³-hybridized carbons (Fsp3) is 0.581. The number of amides is 2. The standard InChI is InChI=1S/C31H44ClN7O3/c1-21(2)37(16-17-38(22(3)4)30(41)42-31(5,6)7)20-23-12-14-24(15-13-23)29(40)36-39(25-10-8-9-11-25)28-26(32)19-34-27(18-33)35-28/h12-15,19,21-22,25H,8-11,16-17,20H2,1-7H3,(H,36,40). The largest absolute Gasteiger partial charge is 0.444 e. The minimum absolute atomic E-state index is 0.00619. The number of nitriles is 1. The topological polar surface area (TPSA) is 115 Å². The maximum Gasteiger partial charge on any atom is 0.410 e. The maximum atomic E-state index is 13.3. The van der Waals surface area contributed by atoms with Crippen LogP contribution in [0.3, 0.4) is 0 Å². The first-order valence-electron chi connectivity index (χ1n) is 14.6. The third kappa shape index (κ3) is 9.30. The van der Waals surface area contributed by atoms with Gasteiger partial charge in [0.05, 0.1) is 12.2 Å². The molecule has 0 saturated heterocycles. The van der Waals surface area contributed by atoms with Crippen molar-refractivity contribution in [3.8, 4) is 6.07 Å². The summed E-state index contributed by atoms with van der Waals surface area (Å²) in [7, 11) is 0. The van der Waals surface area contributed by atoms with E-state index in [2.05, 4.69) is 34.1 Å². The quantitative estimate of drug-likeness (QED) is 0.316. The van der Waals surface area contributed by atoms with Crippen molar-refractivity contribution in [2.75, 3.05) is 18.1 Å². The summed E-state index contributed by atoms with van der Waals surface area (Å²) in [6.45, 7) is 15.7. The molecule has 0 unspecified atom stereocenters. The van der Waals surface area contributed by atoms with Crippen LogP contribution in [0.15, 0.2) is 30.5 Å². The van der Waals surface area contributed by atoms with Gasteiger partial charge in [0.1, 0.15) is 16.7 Å². The van der Waals surface area contributed by atoms with Crippen LogP contribution in [0.5, 0.6) is 0 Å². The highest BCUT2D eigenvalue weighted by molar-refractivity contribution is 6.32. The molecule has 0 aliphatic heterocycles. The van der Waals surface area contributed by atoms with Crippen LogP contribution < -0.4 is 10.4 Å². The third-order valence-electron chi connectivity index (χ3n) is 7.18. The molecule has 1 N–H and O–H groups in total. The van der Waals surface area contributed by atoms with Gasteiger partial charge in [-0.2, -0.15) is 10.2 Å². The molecule has 3 rings (SSSR count). The summed E-state index contributed by atoms with van der Waals surface area (Å²) in [5.41, 5.74) is 3.99. The molecule has 2 aromatic rings. The lowest BCUT2D eigenvalue weighted by Gasteiger charge is -2.33. The number of benzene rings is 1. The summed E-state index contributed by atoms with van der Waals surface area (Å²) >= 11 is 6.40. The van der Waals surface area contributed by atoms with E-state index in [9.17, 15) is 14.9 Å². The van der Waals surface area contributed by atoms with Crippen LogP contribution in [0.1, 0.15) is 95.9 Å². The Morgan fingerprint density at radius 3 is 2.29 bits per heavy atom. The van der Waals surface area contributed by atoms with E-state index < -0.39 is 5.60 Å². The van der Waals surface area contributed by atoms with Crippen molar-refractivity contribution in [1.29, 1.82) is 5.26 Å². The molecule has 10 nitrogen and oxygen atoms in total. The Balaban J connectivity index is 1.69. The number of aromatic nitrogens is 2. The van der Waals surface area contributed by atoms with Gasteiger partial charge in [-0.05, 0) is 79.0 Å². The lowest BCUT2D eigenvalue weighted by atomic mass is 10.1. The number of hydrazine groups is 1. The van der Waals surface area contributed by atoms with Gasteiger partial charge in [0.2, 0.25) is 5.82 Å². The van der Waals surface area contributed by atoms with Crippen molar-refractivity contribution < 1.29 is 14.3 Å². The normalized spacial score (nSPS) is 13.9. The predicted molar refractivity (Wildman–Crippen MR) is 164 cm³/mol. The smallest absolute Gasteiger partial charge is 0.410 e. The van der Waals surface area contributed by atoms with Crippen molar-refractivity contribution in [1.82, 2.24) is 25.2 Å². The third-order valence-corrected chi connectivity index (χ3v) is 7.44. The number of carbonyl (C=O) groups excluding carboxylic acids is 2. The van der Waals surface area contributed by atoms with Crippen molar-refractivity contribution in [2.24, 2.45) is 0 Å². The molecule has 1 aromatic heterocycles. The van der Waals surface area contributed by atoms with E-state index in [0.29, 0.717) is 31.0 Å². The first-order valence-corrected chi connectivity index (χ1v) is 15.0. The van der Waals surface area contributed by atoms with Gasteiger partial charge >= 0.3 is 6.09 Å². The van der Waals surface area contributed by atoms with E-state index in [1.807, 2.05) is 52.8 Å². The van der Waals surface area contributed by atoms with Crippen molar-refractivity contribution in [2.45, 2.75) is 104 Å². The van der Waals surface area contributed by atoms with E-state index in [1.165, 1.54) is 6.20 Å². The van der Waals surface area contributed by atoms with E-state index in [1.54, 1.807) is 22.0 Å². The second-order valence-corrected chi connectivity index (χ2v) is 12.7. The zero-order valence-corrected chi connectivity index (χ0v) is 26.6. The summed E-state index contributed by atoms with van der Waals surface area (Å²) < 4.78 is 5.61. The predicted octanol–water partition coefficient (Wildman–Crippen LogP) is 5.95. The molecular weight excluding hydrogens is 554 g/mol. The van der Waals surface area contributed by atoms with Crippen LogP contribution in [0, 0.1) is 11.3 Å². The fourth-order valence-electron chi connectivity index (χ4n) is 4.87. The van der Waals surface area contributed by atoms with Crippen LogP contribution in [0.25, 0.3) is 0 Å². The van der Waals surface area contributed by atoms with Gasteiger partial charge in [0.15, 0.2) is 5.82 Å². The molecule has 228 valence electrons. The van der Waals surface area contributed by atoms with Gasteiger partial charge in [0.25, 0.3) is 5.91 Å². The molecule has 0 bridgehead atoms. The summed E-state index contributed by atoms with van der Waals surface area (Å²) in [6.07, 6.45) is 4.93. The Morgan fingerprint density at radius 2 is 1.74 bits per heavy atom. The number of anilines is 1. The molecule has 1 saturated carbocycles. The van der Waals surface area contributed by atoms with Crippen LogP contribution in [0.2, 0.25) is 5.02 Å². The molecule has 1 heterocycles. The van der Waals surface area contributed by atoms with Crippen molar-refractivity contribution >= 4 is 29.4 Å². The van der Waals surface area contributed by atoms with Crippen molar-refractivity contribution in [3.63, 3.8) is 0 Å². The Morgan fingerprint density at radius 1 is 1.10 bits per heavy atom. The molecule has 1 aromatic carbocycles. The van der Waals surface area contributed by atoms with E-state index in [4.69, 9.17) is 16.3 Å². The lowest BCUT2D eigenvalue weighted by molar-refractivity contribution is 0.0161. The summed E-state index contributed by atoms with van der Waals surface area (Å²) in [5, 5.41) is 11.2. The number of nitrogens with zero attached hydrogens (tertiary/aromatic N) is 6. The van der Waals surface area contributed by atoms with Gasteiger partial charge in [0, 0.05) is 37.3 Å². The molecule has 0 atom stereocenters. The second-order valence-electron chi connectivity index (χ2n) is 12.3. The Hall–Kier alpha value is -3.42. The van der Waals surface area contributed by atoms with Gasteiger partial charge in [-0.3, -0.25) is 20.1 Å². The Bertz CT molecular complexity index is 1250. The SMILES string of the molecule is CC(C)N(CCN(C(=O)OC(C)(C)C)C(C)C)Cc1ccc(C(=O)NN(c2nc(C#N)ncc2Cl)C2CCCC2)cc1. The average molecular weight is 598 g/mol. The van der Waals surface area contributed by atoms with E-state index in [0.717, 1.165) is 31.2 Å². The monoisotopic (exact) mass is 597 g/mol. The maximum absolute atomic E-state index is 13.3. The molecule has 0 spiro atoms. The highest BCUT2D eigenvalue weighted by Gasteiger charge is 2.28. The van der Waals surface area contributed by atoms with E-state index in [-0.39, 0.29) is 41.0 Å². The summed E-state index contributed by atoms with van der Waals surface area (Å²) in [4.78, 5) is 38.4. The summed E-state index contributed by atoms with van der Waals surface area (Å²) in [6, 6.07) is 9.73. The molecule has 2 amide bonds. The summed E-state index contributed by atoms with van der Waals surface area (Å²) in [5.74, 6) is 0.0371. The molecule has 11 heteroatoms. The minimum Gasteiger partial charge on any atom is -0.444 e. The number of halogens is 1. The zero-order chi connectivity index (χ0) is 31.0. The highest BCUT2D eigenvalue weighted by Crippen LogP contribution is 2.30. The van der Waals surface area contributed by atoms with Crippen LogP contribution in [-0.4, -0.2) is 68.6 Å². The second kappa shape index (κ2) is 14.7. The van der Waals surface area contributed by atoms with Crippen LogP contribution >= 0.6 is 11.6 Å². The number of nitrogens with one attached hydrogen (secondary N) is 1. The van der Waals surface area contributed by atoms with E-state index >= 15 is 0 Å². The number of carbonyl (C=O) groups is 2. The first kappa shape index (κ1) is 33.1. The molecule has 42 heavy (non-hydrogen) atoms. The van der Waals surface area contributed by atoms with Crippen LogP contribution in [0.4, 0.5) is 10.6 Å². The Kier molecular flexibility index (Phi) is 11.5. The molecule has 0 radical (unpaired) electrons. The molecule has 1 fully saturated rings. The van der Waals surface area contributed by atoms with Gasteiger partial charge in [-0.25, -0.2) is 9.78 Å². The van der Waals surface area contributed by atoms with Crippen molar-refractivity contribution in [3.05, 3.63) is 52.4 Å². The van der Waals surface area contributed by atoms with Gasteiger partial charge in [-0.15, -0.1) is 0 Å². The van der Waals surface area contributed by atoms with Gasteiger partial charge in [-0.1, -0.05) is 36.6 Å². The zero-order valence-electron chi connectivity index (χ0n) is 25.9. The minimum atomic E-state index is -0.551. The first-order chi connectivity index (χ1) is 19.8. The molecular formula is C31H44ClN7O3. The highest BCUT2D eigenvalue weighted by atomic mass is 35.5. The van der Waals surface area contributed by atoms with Gasteiger partial charge < -0.3 is 9.64 Å².